The normalized spacial score (nSPS) is 11.9. The number of amides is 1. The molecule has 23 heavy (non-hydrogen) atoms. The van der Waals surface area contributed by atoms with Gasteiger partial charge in [-0.1, -0.05) is 6.07 Å². The van der Waals surface area contributed by atoms with E-state index in [-0.39, 0.29) is 13.0 Å². The lowest BCUT2D eigenvalue weighted by Crippen LogP contribution is -2.44. The van der Waals surface area contributed by atoms with E-state index in [9.17, 15) is 9.59 Å². The summed E-state index contributed by atoms with van der Waals surface area (Å²) in [7, 11) is 0. The van der Waals surface area contributed by atoms with E-state index in [4.69, 9.17) is 19.8 Å². The maximum atomic E-state index is 11.6. The van der Waals surface area contributed by atoms with Gasteiger partial charge in [-0.25, -0.2) is 9.59 Å². The van der Waals surface area contributed by atoms with Crippen LogP contribution in [0.3, 0.4) is 0 Å². The molecule has 0 radical (unpaired) electrons. The van der Waals surface area contributed by atoms with Crippen molar-refractivity contribution in [2.45, 2.75) is 38.8 Å². The molecule has 0 spiro atoms. The molecule has 124 valence electrons. The Morgan fingerprint density at radius 3 is 2.65 bits per heavy atom. The summed E-state index contributed by atoms with van der Waals surface area (Å²) in [5.74, 6) is -0.712. The largest absolute Gasteiger partial charge is 0.493 e. The van der Waals surface area contributed by atoms with E-state index in [0.717, 1.165) is 0 Å². The van der Waals surface area contributed by atoms with E-state index in [0.29, 0.717) is 11.3 Å². The molecule has 0 aliphatic rings. The minimum atomic E-state index is -1.18. The SMILES string of the molecule is CC(C)(C)OC(=O)N[C@H](CCOc1cccc(C#N)c1)C(=O)O. The zero-order valence-electron chi connectivity index (χ0n) is 13.3. The number of carboxylic acid groups (broad SMARTS) is 1. The van der Waals surface area contributed by atoms with Crippen LogP contribution in [-0.4, -0.2) is 35.4 Å². The van der Waals surface area contributed by atoms with E-state index in [1.54, 1.807) is 45.0 Å². The number of alkyl carbamates (subject to hydrolysis) is 1. The van der Waals surface area contributed by atoms with Crippen LogP contribution in [0.25, 0.3) is 0 Å². The number of aliphatic carboxylic acids is 1. The summed E-state index contributed by atoms with van der Waals surface area (Å²) in [4.78, 5) is 22.8. The fraction of sp³-hybridized carbons (Fsp3) is 0.438. The third kappa shape index (κ3) is 7.18. The number of hydrogen-bond acceptors (Lipinski definition) is 5. The average Bonchev–Trinajstić information content (AvgIpc) is 2.44. The summed E-state index contributed by atoms with van der Waals surface area (Å²) in [6.45, 7) is 5.14. The van der Waals surface area contributed by atoms with Gasteiger partial charge >= 0.3 is 12.1 Å². The fourth-order valence-corrected chi connectivity index (χ4v) is 1.66. The first-order valence-electron chi connectivity index (χ1n) is 7.06. The number of rotatable bonds is 6. The number of nitrogens with zero attached hydrogens (tertiary/aromatic N) is 1. The Morgan fingerprint density at radius 1 is 1.39 bits per heavy atom. The van der Waals surface area contributed by atoms with Crippen LogP contribution in [0.5, 0.6) is 5.75 Å². The third-order valence-electron chi connectivity index (χ3n) is 2.63. The maximum absolute atomic E-state index is 11.6. The smallest absolute Gasteiger partial charge is 0.408 e. The highest BCUT2D eigenvalue weighted by atomic mass is 16.6. The average molecular weight is 320 g/mol. The lowest BCUT2D eigenvalue weighted by Gasteiger charge is -2.22. The number of hydrogen-bond donors (Lipinski definition) is 2. The van der Waals surface area contributed by atoms with Gasteiger partial charge in [0.2, 0.25) is 0 Å². The van der Waals surface area contributed by atoms with Crippen LogP contribution < -0.4 is 10.1 Å². The van der Waals surface area contributed by atoms with Crippen LogP contribution in [0.1, 0.15) is 32.8 Å². The fourth-order valence-electron chi connectivity index (χ4n) is 1.66. The summed E-state index contributed by atoms with van der Waals surface area (Å²) in [5, 5.41) is 20.2. The monoisotopic (exact) mass is 320 g/mol. The second kappa shape index (κ2) is 8.03. The molecule has 1 atom stereocenters. The number of nitrogens with one attached hydrogen (secondary N) is 1. The van der Waals surface area contributed by atoms with Gasteiger partial charge in [-0.3, -0.25) is 0 Å². The zero-order chi connectivity index (χ0) is 17.5. The first kappa shape index (κ1) is 18.3. The Balaban J connectivity index is 2.52. The van der Waals surface area contributed by atoms with Gasteiger partial charge in [0.25, 0.3) is 0 Å². The number of carbonyl (C=O) groups is 2. The molecular formula is C16H20N2O5. The van der Waals surface area contributed by atoms with E-state index >= 15 is 0 Å². The predicted molar refractivity (Wildman–Crippen MR) is 82.1 cm³/mol. The van der Waals surface area contributed by atoms with Crippen molar-refractivity contribution in [1.82, 2.24) is 5.32 Å². The molecule has 0 aliphatic heterocycles. The van der Waals surface area contributed by atoms with Crippen LogP contribution in [0.2, 0.25) is 0 Å². The van der Waals surface area contributed by atoms with Gasteiger partial charge in [-0.2, -0.15) is 5.26 Å². The van der Waals surface area contributed by atoms with Gasteiger partial charge in [0.1, 0.15) is 17.4 Å². The standard InChI is InChI=1S/C16H20N2O5/c1-16(2,3)23-15(21)18-13(14(19)20)7-8-22-12-6-4-5-11(9-12)10-17/h4-6,9,13H,7-8H2,1-3H3,(H,18,21)(H,19,20)/t13-/m1/s1. The van der Waals surface area contributed by atoms with E-state index < -0.39 is 23.7 Å². The van der Waals surface area contributed by atoms with Crippen molar-refractivity contribution in [3.8, 4) is 11.8 Å². The Hall–Kier alpha value is -2.75. The molecule has 7 nitrogen and oxygen atoms in total. The van der Waals surface area contributed by atoms with Crippen molar-refractivity contribution >= 4 is 12.1 Å². The van der Waals surface area contributed by atoms with Gasteiger partial charge in [0.15, 0.2) is 0 Å². The van der Waals surface area contributed by atoms with Crippen molar-refractivity contribution in [3.05, 3.63) is 29.8 Å². The minimum Gasteiger partial charge on any atom is -0.493 e. The second-order valence-electron chi connectivity index (χ2n) is 5.81. The van der Waals surface area contributed by atoms with E-state index in [1.165, 1.54) is 0 Å². The number of ether oxygens (including phenoxy) is 2. The molecule has 0 saturated heterocycles. The van der Waals surface area contributed by atoms with Gasteiger partial charge in [-0.15, -0.1) is 0 Å². The molecule has 0 unspecified atom stereocenters. The first-order valence-corrected chi connectivity index (χ1v) is 7.06. The predicted octanol–water partition coefficient (Wildman–Crippen LogP) is 2.31. The minimum absolute atomic E-state index is 0.0609. The molecule has 0 fully saturated rings. The Morgan fingerprint density at radius 2 is 2.09 bits per heavy atom. The summed E-state index contributed by atoms with van der Waals surface area (Å²) < 4.78 is 10.4. The highest BCUT2D eigenvalue weighted by Crippen LogP contribution is 2.13. The first-order chi connectivity index (χ1) is 10.7. The summed E-state index contributed by atoms with van der Waals surface area (Å²) >= 11 is 0. The number of benzene rings is 1. The van der Waals surface area contributed by atoms with Crippen molar-refractivity contribution in [3.63, 3.8) is 0 Å². The number of carboxylic acids is 1. The molecule has 1 amide bonds. The molecule has 0 aliphatic carbocycles. The molecule has 1 aromatic carbocycles. The molecular weight excluding hydrogens is 300 g/mol. The number of nitriles is 1. The maximum Gasteiger partial charge on any atom is 0.408 e. The summed E-state index contributed by atoms with van der Waals surface area (Å²) in [5.41, 5.74) is -0.259. The van der Waals surface area contributed by atoms with Crippen LogP contribution >= 0.6 is 0 Å². The summed E-state index contributed by atoms with van der Waals surface area (Å²) in [6.07, 6.45) is -0.734. The van der Waals surface area contributed by atoms with Gasteiger partial charge < -0.3 is 19.9 Å². The highest BCUT2D eigenvalue weighted by Gasteiger charge is 2.23. The molecule has 7 heteroatoms. The van der Waals surface area contributed by atoms with Crippen molar-refractivity contribution in [2.75, 3.05) is 6.61 Å². The van der Waals surface area contributed by atoms with Gasteiger partial charge in [-0.05, 0) is 39.0 Å². The Kier molecular flexibility index (Phi) is 6.39. The quantitative estimate of drug-likeness (QED) is 0.832. The Bertz CT molecular complexity index is 601. The number of carbonyl (C=O) groups excluding carboxylic acids is 1. The topological polar surface area (TPSA) is 109 Å². The third-order valence-corrected chi connectivity index (χ3v) is 2.63. The molecule has 1 aromatic rings. The summed E-state index contributed by atoms with van der Waals surface area (Å²) in [6, 6.07) is 7.38. The van der Waals surface area contributed by atoms with Crippen molar-refractivity contribution < 1.29 is 24.2 Å². The van der Waals surface area contributed by atoms with Crippen molar-refractivity contribution in [2.24, 2.45) is 0 Å². The highest BCUT2D eigenvalue weighted by molar-refractivity contribution is 5.79. The van der Waals surface area contributed by atoms with Gasteiger partial charge in [0, 0.05) is 6.42 Å². The van der Waals surface area contributed by atoms with E-state index in [1.807, 2.05) is 6.07 Å². The van der Waals surface area contributed by atoms with Crippen LogP contribution in [0, 0.1) is 11.3 Å². The molecule has 2 N–H and O–H groups in total. The molecule has 1 rings (SSSR count). The van der Waals surface area contributed by atoms with Crippen LogP contribution in [0.4, 0.5) is 4.79 Å². The van der Waals surface area contributed by atoms with E-state index in [2.05, 4.69) is 5.32 Å². The second-order valence-corrected chi connectivity index (χ2v) is 5.81. The molecule has 0 saturated carbocycles. The molecule has 0 aromatic heterocycles. The van der Waals surface area contributed by atoms with Crippen LogP contribution in [0.15, 0.2) is 24.3 Å². The zero-order valence-corrected chi connectivity index (χ0v) is 13.3. The Labute approximate surface area is 134 Å². The molecule has 0 heterocycles. The lowest BCUT2D eigenvalue weighted by atomic mass is 10.2. The van der Waals surface area contributed by atoms with Crippen molar-refractivity contribution in [1.29, 1.82) is 5.26 Å². The van der Waals surface area contributed by atoms with Crippen LogP contribution in [-0.2, 0) is 9.53 Å². The molecule has 0 bridgehead atoms. The lowest BCUT2D eigenvalue weighted by molar-refractivity contribution is -0.139. The van der Waals surface area contributed by atoms with Gasteiger partial charge in [0.05, 0.1) is 18.2 Å².